The van der Waals surface area contributed by atoms with E-state index in [4.69, 9.17) is 9.47 Å². The molecule has 28 heavy (non-hydrogen) atoms. The summed E-state index contributed by atoms with van der Waals surface area (Å²) in [5.41, 5.74) is 1.39. The van der Waals surface area contributed by atoms with Gasteiger partial charge in [0.2, 0.25) is 10.0 Å². The zero-order valence-electron chi connectivity index (χ0n) is 15.8. The maximum absolute atomic E-state index is 12.3. The van der Waals surface area contributed by atoms with E-state index in [0.29, 0.717) is 11.4 Å². The van der Waals surface area contributed by atoms with Gasteiger partial charge >= 0.3 is 5.97 Å². The molecule has 1 amide bonds. The first-order valence-electron chi connectivity index (χ1n) is 8.41. The van der Waals surface area contributed by atoms with Gasteiger partial charge in [0.15, 0.2) is 6.61 Å². The van der Waals surface area contributed by atoms with E-state index in [9.17, 15) is 18.0 Å². The summed E-state index contributed by atoms with van der Waals surface area (Å²) in [4.78, 5) is 24.0. The van der Waals surface area contributed by atoms with Crippen LogP contribution in [0.15, 0.2) is 53.4 Å². The lowest BCUT2D eigenvalue weighted by molar-refractivity contribution is -0.148. The van der Waals surface area contributed by atoms with Gasteiger partial charge in [0.1, 0.15) is 11.8 Å². The van der Waals surface area contributed by atoms with E-state index in [1.54, 1.807) is 36.4 Å². The molecule has 1 atom stereocenters. The van der Waals surface area contributed by atoms with Crippen molar-refractivity contribution in [2.75, 3.05) is 19.0 Å². The first-order valence-corrected chi connectivity index (χ1v) is 9.89. The zero-order valence-corrected chi connectivity index (χ0v) is 16.6. The standard InChI is InChI=1S/C19H22N2O6S/c1-13-7-9-17(10-8-13)28(24,25)21-14(2)19(23)27-12-18(22)20-15-5-4-6-16(11-15)26-3/h4-11,14,21H,12H2,1-3H3,(H,20,22)/t14-/m0/s1. The molecule has 2 N–H and O–H groups in total. The van der Waals surface area contributed by atoms with E-state index in [2.05, 4.69) is 10.0 Å². The van der Waals surface area contributed by atoms with Crippen LogP contribution in [0.5, 0.6) is 5.75 Å². The first kappa shape index (κ1) is 21.4. The molecule has 0 aliphatic heterocycles. The third-order valence-corrected chi connectivity index (χ3v) is 5.27. The Bertz CT molecular complexity index is 941. The van der Waals surface area contributed by atoms with Gasteiger partial charge in [0, 0.05) is 11.8 Å². The van der Waals surface area contributed by atoms with Crippen LogP contribution >= 0.6 is 0 Å². The van der Waals surface area contributed by atoms with E-state index >= 15 is 0 Å². The lowest BCUT2D eigenvalue weighted by Crippen LogP contribution is -2.40. The smallest absolute Gasteiger partial charge is 0.324 e. The molecule has 2 rings (SSSR count). The molecule has 2 aromatic carbocycles. The number of carbonyl (C=O) groups is 2. The van der Waals surface area contributed by atoms with Crippen LogP contribution in [0.25, 0.3) is 0 Å². The molecular formula is C19H22N2O6S. The summed E-state index contributed by atoms with van der Waals surface area (Å²) in [6.45, 7) is 2.63. The third-order valence-electron chi connectivity index (χ3n) is 3.72. The third kappa shape index (κ3) is 6.07. The molecule has 0 aliphatic rings. The van der Waals surface area contributed by atoms with Gasteiger partial charge in [-0.25, -0.2) is 8.42 Å². The summed E-state index contributed by atoms with van der Waals surface area (Å²) in [5, 5.41) is 2.56. The normalized spacial score (nSPS) is 12.1. The predicted molar refractivity (Wildman–Crippen MR) is 104 cm³/mol. The molecule has 0 bridgehead atoms. The van der Waals surface area contributed by atoms with Crippen LogP contribution in [0, 0.1) is 6.92 Å². The van der Waals surface area contributed by atoms with Crippen molar-refractivity contribution in [3.63, 3.8) is 0 Å². The number of hydrogen-bond acceptors (Lipinski definition) is 6. The number of rotatable bonds is 8. The molecule has 2 aromatic rings. The number of anilines is 1. The number of sulfonamides is 1. The highest BCUT2D eigenvalue weighted by atomic mass is 32.2. The SMILES string of the molecule is COc1cccc(NC(=O)COC(=O)[C@H](C)NS(=O)(=O)c2ccc(C)cc2)c1. The van der Waals surface area contributed by atoms with Gasteiger partial charge in [-0.3, -0.25) is 9.59 Å². The van der Waals surface area contributed by atoms with Crippen LogP contribution in [0.4, 0.5) is 5.69 Å². The Balaban J connectivity index is 1.87. The van der Waals surface area contributed by atoms with Crippen molar-refractivity contribution in [1.82, 2.24) is 4.72 Å². The average molecular weight is 406 g/mol. The molecule has 0 spiro atoms. The topological polar surface area (TPSA) is 111 Å². The maximum atomic E-state index is 12.3. The molecule has 0 saturated carbocycles. The molecule has 0 radical (unpaired) electrons. The Hall–Kier alpha value is -2.91. The number of nitrogens with one attached hydrogen (secondary N) is 2. The maximum Gasteiger partial charge on any atom is 0.324 e. The van der Waals surface area contributed by atoms with Crippen molar-refractivity contribution in [3.05, 3.63) is 54.1 Å². The predicted octanol–water partition coefficient (Wildman–Crippen LogP) is 1.85. The van der Waals surface area contributed by atoms with Crippen LogP contribution in [0.1, 0.15) is 12.5 Å². The van der Waals surface area contributed by atoms with Gasteiger partial charge in [-0.1, -0.05) is 23.8 Å². The van der Waals surface area contributed by atoms with Crippen LogP contribution in [-0.4, -0.2) is 40.1 Å². The highest BCUT2D eigenvalue weighted by Gasteiger charge is 2.23. The van der Waals surface area contributed by atoms with Crippen molar-refractivity contribution in [1.29, 1.82) is 0 Å². The fourth-order valence-corrected chi connectivity index (χ4v) is 3.42. The summed E-state index contributed by atoms with van der Waals surface area (Å²) < 4.78 is 36.7. The number of benzene rings is 2. The number of ether oxygens (including phenoxy) is 2. The lowest BCUT2D eigenvalue weighted by atomic mass is 10.2. The highest BCUT2D eigenvalue weighted by Crippen LogP contribution is 2.16. The largest absolute Gasteiger partial charge is 0.497 e. The van der Waals surface area contributed by atoms with Gasteiger partial charge < -0.3 is 14.8 Å². The molecule has 0 aromatic heterocycles. The van der Waals surface area contributed by atoms with E-state index < -0.39 is 34.5 Å². The minimum atomic E-state index is -3.88. The van der Waals surface area contributed by atoms with E-state index in [1.165, 1.54) is 26.2 Å². The van der Waals surface area contributed by atoms with Crippen LogP contribution in [0.3, 0.4) is 0 Å². The van der Waals surface area contributed by atoms with E-state index in [-0.39, 0.29) is 4.90 Å². The minimum absolute atomic E-state index is 0.0357. The van der Waals surface area contributed by atoms with Gasteiger partial charge in [0.25, 0.3) is 5.91 Å². The number of methoxy groups -OCH3 is 1. The lowest BCUT2D eigenvalue weighted by Gasteiger charge is -2.14. The Morgan fingerprint density at radius 2 is 1.79 bits per heavy atom. The van der Waals surface area contributed by atoms with Crippen molar-refractivity contribution in [3.8, 4) is 5.75 Å². The number of carbonyl (C=O) groups excluding carboxylic acids is 2. The summed E-state index contributed by atoms with van der Waals surface area (Å²) >= 11 is 0. The van der Waals surface area contributed by atoms with E-state index in [0.717, 1.165) is 5.56 Å². The zero-order chi connectivity index (χ0) is 20.7. The fourth-order valence-electron chi connectivity index (χ4n) is 2.23. The molecule has 0 heterocycles. The van der Waals surface area contributed by atoms with Gasteiger partial charge in [-0.2, -0.15) is 4.72 Å². The summed E-state index contributed by atoms with van der Waals surface area (Å²) in [5.74, 6) is -0.861. The van der Waals surface area contributed by atoms with Crippen molar-refractivity contribution >= 4 is 27.6 Å². The van der Waals surface area contributed by atoms with Crippen LogP contribution < -0.4 is 14.8 Å². The van der Waals surface area contributed by atoms with Gasteiger partial charge in [-0.05, 0) is 38.1 Å². The molecule has 0 fully saturated rings. The molecule has 0 aliphatic carbocycles. The summed E-state index contributed by atoms with van der Waals surface area (Å²) in [6.07, 6.45) is 0. The first-order chi connectivity index (χ1) is 13.2. The molecule has 0 saturated heterocycles. The second kappa shape index (κ2) is 9.34. The van der Waals surface area contributed by atoms with Crippen LogP contribution in [0.2, 0.25) is 0 Å². The number of amides is 1. The molecular weight excluding hydrogens is 384 g/mol. The monoisotopic (exact) mass is 406 g/mol. The second-order valence-electron chi connectivity index (χ2n) is 6.04. The summed E-state index contributed by atoms with van der Waals surface area (Å²) in [7, 11) is -2.38. The van der Waals surface area contributed by atoms with Gasteiger partial charge in [-0.15, -0.1) is 0 Å². The number of aryl methyl sites for hydroxylation is 1. The molecule has 150 valence electrons. The highest BCUT2D eigenvalue weighted by molar-refractivity contribution is 7.89. The van der Waals surface area contributed by atoms with Crippen molar-refractivity contribution < 1.29 is 27.5 Å². The average Bonchev–Trinajstić information content (AvgIpc) is 2.66. The Morgan fingerprint density at radius 3 is 2.43 bits per heavy atom. The quantitative estimate of drug-likeness (QED) is 0.648. The Morgan fingerprint density at radius 1 is 1.11 bits per heavy atom. The van der Waals surface area contributed by atoms with E-state index in [1.807, 2.05) is 6.92 Å². The van der Waals surface area contributed by atoms with Gasteiger partial charge in [0.05, 0.1) is 12.0 Å². The fraction of sp³-hybridized carbons (Fsp3) is 0.263. The molecule has 0 unspecified atom stereocenters. The molecule has 9 heteroatoms. The van der Waals surface area contributed by atoms with Crippen LogP contribution in [-0.2, 0) is 24.3 Å². The van der Waals surface area contributed by atoms with Crippen molar-refractivity contribution in [2.45, 2.75) is 24.8 Å². The minimum Gasteiger partial charge on any atom is -0.497 e. The number of esters is 1. The van der Waals surface area contributed by atoms with Crippen molar-refractivity contribution in [2.24, 2.45) is 0 Å². The Labute approximate surface area is 163 Å². The Kier molecular flexibility index (Phi) is 7.13. The number of hydrogen-bond donors (Lipinski definition) is 2. The summed E-state index contributed by atoms with van der Waals surface area (Å²) in [6, 6.07) is 11.7. The second-order valence-corrected chi connectivity index (χ2v) is 7.76. The molecule has 8 nitrogen and oxygen atoms in total.